The molecule has 1 N–H and O–H groups in total. The topological polar surface area (TPSA) is 60.2 Å². The number of hydrogen-bond donors (Lipinski definition) is 1. The Hall–Kier alpha value is -0.650. The van der Waals surface area contributed by atoms with E-state index in [0.717, 1.165) is 56.8 Å². The van der Waals surface area contributed by atoms with Gasteiger partial charge in [-0.3, -0.25) is 0 Å². The summed E-state index contributed by atoms with van der Waals surface area (Å²) in [4.78, 5) is 4.55. The lowest BCUT2D eigenvalue weighted by molar-refractivity contribution is 0.192. The van der Waals surface area contributed by atoms with Crippen molar-refractivity contribution in [2.45, 2.75) is 38.5 Å². The van der Waals surface area contributed by atoms with Gasteiger partial charge in [-0.05, 0) is 44.2 Å². The van der Waals surface area contributed by atoms with E-state index in [1.54, 1.807) is 0 Å². The quantitative estimate of drug-likeness (QED) is 0.923. The van der Waals surface area contributed by atoms with Crippen LogP contribution in [0.4, 0.5) is 0 Å². The molecule has 0 bridgehead atoms. The van der Waals surface area contributed by atoms with Crippen LogP contribution in [0.5, 0.6) is 0 Å². The molecule has 3 heterocycles. The summed E-state index contributed by atoms with van der Waals surface area (Å²) in [5.74, 6) is 3.30. The summed E-state index contributed by atoms with van der Waals surface area (Å²) in [6.07, 6.45) is 4.50. The molecule has 1 aromatic rings. The summed E-state index contributed by atoms with van der Waals surface area (Å²) in [6, 6.07) is 0. The van der Waals surface area contributed by atoms with Gasteiger partial charge < -0.3 is 14.6 Å². The fraction of sp³-hybridized carbons (Fsp3) is 0.857. The molecule has 3 atom stereocenters. The first kappa shape index (κ1) is 15.7. The van der Waals surface area contributed by atoms with Crippen molar-refractivity contribution in [3.05, 3.63) is 11.7 Å². The third-order valence-corrected chi connectivity index (χ3v) is 4.41. The summed E-state index contributed by atoms with van der Waals surface area (Å²) in [5.41, 5.74) is 0. The van der Waals surface area contributed by atoms with Gasteiger partial charge in [0.2, 0.25) is 5.89 Å². The first-order valence-corrected chi connectivity index (χ1v) is 7.44. The molecule has 0 radical (unpaired) electrons. The number of piperidine rings is 1. The maximum absolute atomic E-state index is 5.40. The Labute approximate surface area is 126 Å². The van der Waals surface area contributed by atoms with Gasteiger partial charge in [-0.1, -0.05) is 12.1 Å². The number of halogens is 1. The van der Waals surface area contributed by atoms with Crippen molar-refractivity contribution in [2.75, 3.05) is 26.3 Å². The van der Waals surface area contributed by atoms with Crippen LogP contribution in [0.15, 0.2) is 4.52 Å². The molecule has 0 saturated carbocycles. The molecule has 0 spiro atoms. The van der Waals surface area contributed by atoms with E-state index in [1.807, 2.05) is 0 Å². The first-order chi connectivity index (χ1) is 9.33. The highest BCUT2D eigenvalue weighted by atomic mass is 35.5. The van der Waals surface area contributed by atoms with Crippen molar-refractivity contribution >= 4 is 12.4 Å². The molecule has 20 heavy (non-hydrogen) atoms. The molecule has 1 aromatic heterocycles. The van der Waals surface area contributed by atoms with Crippen LogP contribution < -0.4 is 5.32 Å². The summed E-state index contributed by atoms with van der Waals surface area (Å²) in [7, 11) is 0. The summed E-state index contributed by atoms with van der Waals surface area (Å²) >= 11 is 0. The van der Waals surface area contributed by atoms with Crippen molar-refractivity contribution in [1.82, 2.24) is 15.5 Å². The van der Waals surface area contributed by atoms with Gasteiger partial charge in [0.25, 0.3) is 0 Å². The molecule has 0 aromatic carbocycles. The highest BCUT2D eigenvalue weighted by Crippen LogP contribution is 2.25. The molecule has 0 amide bonds. The molecule has 2 aliphatic heterocycles. The standard InChI is InChI=1S/C14H23N3O2.ClH/c1-10(11-3-2-5-15-8-11)7-13-16-14(17-19-13)12-4-6-18-9-12;/h10-12,15H,2-9H2,1H3;1H. The minimum Gasteiger partial charge on any atom is -0.381 e. The Morgan fingerprint density at radius 3 is 3.00 bits per heavy atom. The molecule has 3 unspecified atom stereocenters. The van der Waals surface area contributed by atoms with Gasteiger partial charge in [-0.15, -0.1) is 12.4 Å². The minimum atomic E-state index is 0. The Bertz CT molecular complexity index is 401. The molecule has 5 nitrogen and oxygen atoms in total. The average molecular weight is 302 g/mol. The Balaban J connectivity index is 0.00000147. The van der Waals surface area contributed by atoms with E-state index in [9.17, 15) is 0 Å². The van der Waals surface area contributed by atoms with Gasteiger partial charge >= 0.3 is 0 Å². The molecule has 2 saturated heterocycles. The Morgan fingerprint density at radius 2 is 2.30 bits per heavy atom. The van der Waals surface area contributed by atoms with Crippen molar-refractivity contribution in [3.63, 3.8) is 0 Å². The van der Waals surface area contributed by atoms with Crippen molar-refractivity contribution in [1.29, 1.82) is 0 Å². The number of ether oxygens (including phenoxy) is 1. The van der Waals surface area contributed by atoms with Crippen LogP contribution in [0, 0.1) is 11.8 Å². The van der Waals surface area contributed by atoms with Gasteiger partial charge in [-0.25, -0.2) is 0 Å². The largest absolute Gasteiger partial charge is 0.381 e. The predicted octanol–water partition coefficient (Wildman–Crippen LogP) is 2.17. The van der Waals surface area contributed by atoms with E-state index in [2.05, 4.69) is 22.4 Å². The van der Waals surface area contributed by atoms with E-state index >= 15 is 0 Å². The monoisotopic (exact) mass is 301 g/mol. The average Bonchev–Trinajstić information content (AvgIpc) is 3.10. The van der Waals surface area contributed by atoms with E-state index in [-0.39, 0.29) is 12.4 Å². The van der Waals surface area contributed by atoms with E-state index in [1.165, 1.54) is 12.8 Å². The van der Waals surface area contributed by atoms with Gasteiger partial charge in [0.15, 0.2) is 5.82 Å². The van der Waals surface area contributed by atoms with Crippen LogP contribution in [0.25, 0.3) is 0 Å². The fourth-order valence-electron chi connectivity index (χ4n) is 3.06. The summed E-state index contributed by atoms with van der Waals surface area (Å²) in [6.45, 7) is 6.13. The van der Waals surface area contributed by atoms with Gasteiger partial charge in [-0.2, -0.15) is 4.98 Å². The SMILES string of the molecule is CC(Cc1nc(C2CCOC2)no1)C1CCCNC1.Cl. The van der Waals surface area contributed by atoms with Crippen LogP contribution in [0.3, 0.4) is 0 Å². The van der Waals surface area contributed by atoms with Gasteiger partial charge in [0.1, 0.15) is 0 Å². The zero-order chi connectivity index (χ0) is 13.1. The molecular formula is C14H24ClN3O2. The maximum Gasteiger partial charge on any atom is 0.226 e. The normalized spacial score (nSPS) is 28.1. The fourth-order valence-corrected chi connectivity index (χ4v) is 3.06. The number of rotatable bonds is 4. The predicted molar refractivity (Wildman–Crippen MR) is 78.2 cm³/mol. The number of nitrogens with one attached hydrogen (secondary N) is 1. The summed E-state index contributed by atoms with van der Waals surface area (Å²) < 4.78 is 10.8. The third-order valence-electron chi connectivity index (χ3n) is 4.41. The molecule has 2 aliphatic rings. The lowest BCUT2D eigenvalue weighted by Crippen LogP contribution is -2.33. The smallest absolute Gasteiger partial charge is 0.226 e. The van der Waals surface area contributed by atoms with Crippen LogP contribution in [-0.2, 0) is 11.2 Å². The molecule has 114 valence electrons. The van der Waals surface area contributed by atoms with Crippen LogP contribution in [-0.4, -0.2) is 36.4 Å². The second kappa shape index (κ2) is 7.38. The van der Waals surface area contributed by atoms with E-state index < -0.39 is 0 Å². The third kappa shape index (κ3) is 3.71. The highest BCUT2D eigenvalue weighted by Gasteiger charge is 2.25. The molecule has 6 heteroatoms. The second-order valence-corrected chi connectivity index (χ2v) is 5.89. The van der Waals surface area contributed by atoms with Crippen molar-refractivity contribution in [3.8, 4) is 0 Å². The first-order valence-electron chi connectivity index (χ1n) is 7.44. The van der Waals surface area contributed by atoms with Crippen LogP contribution >= 0.6 is 12.4 Å². The molecule has 3 rings (SSSR count). The number of aromatic nitrogens is 2. The maximum atomic E-state index is 5.40. The highest BCUT2D eigenvalue weighted by molar-refractivity contribution is 5.85. The number of hydrogen-bond acceptors (Lipinski definition) is 5. The van der Waals surface area contributed by atoms with Crippen molar-refractivity contribution in [2.24, 2.45) is 11.8 Å². The Kier molecular flexibility index (Phi) is 5.81. The zero-order valence-corrected chi connectivity index (χ0v) is 12.8. The van der Waals surface area contributed by atoms with Crippen LogP contribution in [0.2, 0.25) is 0 Å². The van der Waals surface area contributed by atoms with E-state index in [4.69, 9.17) is 9.26 Å². The lowest BCUT2D eigenvalue weighted by Gasteiger charge is -2.27. The zero-order valence-electron chi connectivity index (χ0n) is 12.0. The van der Waals surface area contributed by atoms with Gasteiger partial charge in [0.05, 0.1) is 6.61 Å². The second-order valence-electron chi connectivity index (χ2n) is 5.89. The van der Waals surface area contributed by atoms with Gasteiger partial charge in [0, 0.05) is 18.9 Å². The number of nitrogens with zero attached hydrogens (tertiary/aromatic N) is 2. The van der Waals surface area contributed by atoms with Crippen LogP contribution in [0.1, 0.15) is 43.8 Å². The van der Waals surface area contributed by atoms with Crippen molar-refractivity contribution < 1.29 is 9.26 Å². The molecule has 0 aliphatic carbocycles. The summed E-state index contributed by atoms with van der Waals surface area (Å²) in [5, 5.41) is 7.58. The van der Waals surface area contributed by atoms with E-state index in [0.29, 0.717) is 11.8 Å². The lowest BCUT2D eigenvalue weighted by atomic mass is 9.85. The minimum absolute atomic E-state index is 0. The Morgan fingerprint density at radius 1 is 1.40 bits per heavy atom. The molecule has 2 fully saturated rings. The molecular weight excluding hydrogens is 278 g/mol.